The lowest BCUT2D eigenvalue weighted by atomic mass is 9.83. The van der Waals surface area contributed by atoms with Gasteiger partial charge in [0.2, 0.25) is 5.91 Å². The van der Waals surface area contributed by atoms with Gasteiger partial charge in [0.1, 0.15) is 5.54 Å². The summed E-state index contributed by atoms with van der Waals surface area (Å²) < 4.78 is 0. The molecule has 106 valence electrons. The number of nitrogens with one attached hydrogen (secondary N) is 1. The summed E-state index contributed by atoms with van der Waals surface area (Å²) in [5, 5.41) is 12.2. The summed E-state index contributed by atoms with van der Waals surface area (Å²) in [5.41, 5.74) is -0.638. The Kier molecular flexibility index (Phi) is 5.08. The van der Waals surface area contributed by atoms with E-state index in [1.165, 1.54) is 11.8 Å². The zero-order valence-corrected chi connectivity index (χ0v) is 12.6. The summed E-state index contributed by atoms with van der Waals surface area (Å²) in [6, 6.07) is 12.2. The van der Waals surface area contributed by atoms with Gasteiger partial charge in [0.25, 0.3) is 0 Å². The van der Waals surface area contributed by atoms with Crippen LogP contribution in [0.3, 0.4) is 0 Å². The lowest BCUT2D eigenvalue weighted by Crippen LogP contribution is -2.50. The smallest absolute Gasteiger partial charge is 0.234 e. The summed E-state index contributed by atoms with van der Waals surface area (Å²) in [6.45, 7) is 1.89. The molecule has 4 heteroatoms. The topological polar surface area (TPSA) is 52.9 Å². The number of nitriles is 1. The van der Waals surface area contributed by atoms with Crippen molar-refractivity contribution < 1.29 is 4.79 Å². The van der Waals surface area contributed by atoms with Crippen molar-refractivity contribution in [3.05, 3.63) is 30.3 Å². The molecule has 0 unspecified atom stereocenters. The molecule has 0 bridgehead atoms. The number of nitrogens with zero attached hydrogens (tertiary/aromatic N) is 1. The van der Waals surface area contributed by atoms with E-state index in [1.54, 1.807) is 0 Å². The second kappa shape index (κ2) is 6.81. The molecule has 2 rings (SSSR count). The lowest BCUT2D eigenvalue weighted by Gasteiger charge is -2.32. The first-order valence-corrected chi connectivity index (χ1v) is 7.98. The maximum absolute atomic E-state index is 12.3. The van der Waals surface area contributed by atoms with Crippen LogP contribution in [0, 0.1) is 11.3 Å². The molecular weight excluding hydrogens is 268 g/mol. The number of thioether (sulfide) groups is 1. The fourth-order valence-electron chi connectivity index (χ4n) is 2.51. The highest BCUT2D eigenvalue weighted by molar-refractivity contribution is 8.00. The molecule has 1 aromatic carbocycles. The maximum atomic E-state index is 12.3. The lowest BCUT2D eigenvalue weighted by molar-refractivity contribution is -0.121. The number of hydrogen-bond donors (Lipinski definition) is 1. The molecule has 3 nitrogen and oxygen atoms in total. The van der Waals surface area contributed by atoms with Gasteiger partial charge < -0.3 is 5.32 Å². The molecule has 0 aliphatic heterocycles. The van der Waals surface area contributed by atoms with E-state index in [0.717, 1.165) is 37.0 Å². The van der Waals surface area contributed by atoms with Crippen LogP contribution in [0.25, 0.3) is 0 Å². The van der Waals surface area contributed by atoms with Crippen molar-refractivity contribution in [2.24, 2.45) is 0 Å². The third-order valence-corrected chi connectivity index (χ3v) is 4.82. The largest absolute Gasteiger partial charge is 0.337 e. The quantitative estimate of drug-likeness (QED) is 0.863. The number of carbonyl (C=O) groups excluding carboxylic acids is 1. The first-order valence-electron chi connectivity index (χ1n) is 7.10. The molecule has 0 radical (unpaired) electrons. The molecule has 0 spiro atoms. The van der Waals surface area contributed by atoms with Crippen molar-refractivity contribution in [2.75, 3.05) is 0 Å². The number of amides is 1. The molecule has 1 atom stereocenters. The second-order valence-electron chi connectivity index (χ2n) is 5.32. The molecule has 1 fully saturated rings. The van der Waals surface area contributed by atoms with Gasteiger partial charge in [0.05, 0.1) is 11.3 Å². The zero-order chi connectivity index (χ0) is 14.4. The van der Waals surface area contributed by atoms with Crippen molar-refractivity contribution in [3.63, 3.8) is 0 Å². The standard InChI is InChI=1S/C16H20N2OS/c1-13(20-14-8-4-2-5-9-14)15(19)18-16(12-17)10-6-3-7-11-16/h2,4-5,8-9,13H,3,6-7,10-11H2,1H3,(H,18,19)/t13-/m1/s1. The van der Waals surface area contributed by atoms with E-state index < -0.39 is 5.54 Å². The third-order valence-electron chi connectivity index (χ3n) is 3.71. The Morgan fingerprint density at radius 3 is 2.55 bits per heavy atom. The molecule has 20 heavy (non-hydrogen) atoms. The molecule has 1 amide bonds. The van der Waals surface area contributed by atoms with Gasteiger partial charge in [-0.1, -0.05) is 37.5 Å². The Morgan fingerprint density at radius 2 is 1.95 bits per heavy atom. The number of benzene rings is 1. The summed E-state index contributed by atoms with van der Waals surface area (Å²) in [4.78, 5) is 13.4. The van der Waals surface area contributed by atoms with E-state index in [0.29, 0.717) is 0 Å². The van der Waals surface area contributed by atoms with Crippen LogP contribution in [-0.2, 0) is 4.79 Å². The van der Waals surface area contributed by atoms with Gasteiger partial charge in [-0.05, 0) is 31.9 Å². The van der Waals surface area contributed by atoms with E-state index in [9.17, 15) is 10.1 Å². The van der Waals surface area contributed by atoms with Crippen LogP contribution >= 0.6 is 11.8 Å². The van der Waals surface area contributed by atoms with Crippen molar-refractivity contribution in [1.82, 2.24) is 5.32 Å². The number of hydrogen-bond acceptors (Lipinski definition) is 3. The van der Waals surface area contributed by atoms with Gasteiger partial charge in [-0.2, -0.15) is 5.26 Å². The molecule has 0 heterocycles. The first kappa shape index (κ1) is 14.9. The summed E-state index contributed by atoms with van der Waals surface area (Å²) in [5.74, 6) is -0.0395. The number of carbonyl (C=O) groups is 1. The van der Waals surface area contributed by atoms with Crippen molar-refractivity contribution in [2.45, 2.75) is 54.7 Å². The highest BCUT2D eigenvalue weighted by atomic mass is 32.2. The molecule has 1 aliphatic carbocycles. The summed E-state index contributed by atoms with van der Waals surface area (Å²) in [6.07, 6.45) is 4.76. The molecule has 1 N–H and O–H groups in total. The minimum absolute atomic E-state index is 0.0395. The second-order valence-corrected chi connectivity index (χ2v) is 6.73. The molecule has 0 saturated heterocycles. The van der Waals surface area contributed by atoms with Gasteiger partial charge >= 0.3 is 0 Å². The van der Waals surface area contributed by atoms with Crippen LogP contribution in [0.2, 0.25) is 0 Å². The van der Waals surface area contributed by atoms with Crippen LogP contribution in [0.15, 0.2) is 35.2 Å². The summed E-state index contributed by atoms with van der Waals surface area (Å²) >= 11 is 1.53. The van der Waals surface area contributed by atoms with Crippen LogP contribution < -0.4 is 5.32 Å². The fraction of sp³-hybridized carbons (Fsp3) is 0.500. The van der Waals surface area contributed by atoms with Gasteiger partial charge in [0.15, 0.2) is 0 Å². The van der Waals surface area contributed by atoms with Crippen LogP contribution in [-0.4, -0.2) is 16.7 Å². The van der Waals surface area contributed by atoms with Gasteiger partial charge in [0, 0.05) is 4.90 Å². The molecule has 1 saturated carbocycles. The fourth-order valence-corrected chi connectivity index (χ4v) is 3.40. The molecule has 1 aromatic rings. The minimum atomic E-state index is -0.638. The van der Waals surface area contributed by atoms with Gasteiger partial charge in [-0.3, -0.25) is 4.79 Å². The van der Waals surface area contributed by atoms with Gasteiger partial charge in [-0.15, -0.1) is 11.8 Å². The average Bonchev–Trinajstić information content (AvgIpc) is 2.49. The highest BCUT2D eigenvalue weighted by Crippen LogP contribution is 2.29. The Balaban J connectivity index is 1.95. The molecular formula is C16H20N2OS. The SMILES string of the molecule is C[C@@H](Sc1ccccc1)C(=O)NC1(C#N)CCCCC1. The van der Waals surface area contributed by atoms with E-state index >= 15 is 0 Å². The summed E-state index contributed by atoms with van der Waals surface area (Å²) in [7, 11) is 0. The van der Waals surface area contributed by atoms with Crippen molar-refractivity contribution in [1.29, 1.82) is 5.26 Å². The van der Waals surface area contributed by atoms with E-state index in [-0.39, 0.29) is 11.2 Å². The van der Waals surface area contributed by atoms with E-state index in [1.807, 2.05) is 37.3 Å². The Hall–Kier alpha value is -1.47. The molecule has 1 aliphatic rings. The highest BCUT2D eigenvalue weighted by Gasteiger charge is 2.34. The van der Waals surface area contributed by atoms with Crippen molar-refractivity contribution >= 4 is 17.7 Å². The van der Waals surface area contributed by atoms with E-state index in [2.05, 4.69) is 11.4 Å². The van der Waals surface area contributed by atoms with Gasteiger partial charge in [-0.25, -0.2) is 0 Å². The van der Waals surface area contributed by atoms with Crippen LogP contribution in [0.4, 0.5) is 0 Å². The monoisotopic (exact) mass is 288 g/mol. The third kappa shape index (κ3) is 3.77. The minimum Gasteiger partial charge on any atom is -0.337 e. The van der Waals surface area contributed by atoms with Crippen LogP contribution in [0.5, 0.6) is 0 Å². The Labute approximate surface area is 124 Å². The maximum Gasteiger partial charge on any atom is 0.234 e. The normalized spacial score (nSPS) is 18.8. The molecule has 0 aromatic heterocycles. The van der Waals surface area contributed by atoms with Crippen molar-refractivity contribution in [3.8, 4) is 6.07 Å². The Bertz CT molecular complexity index is 489. The predicted octanol–water partition coefficient (Wildman–Crippen LogP) is 3.51. The zero-order valence-electron chi connectivity index (χ0n) is 11.8. The van der Waals surface area contributed by atoms with E-state index in [4.69, 9.17) is 0 Å². The Morgan fingerprint density at radius 1 is 1.30 bits per heavy atom. The predicted molar refractivity (Wildman–Crippen MR) is 81.3 cm³/mol. The average molecular weight is 288 g/mol. The first-order chi connectivity index (χ1) is 9.65. The van der Waals surface area contributed by atoms with Crippen LogP contribution in [0.1, 0.15) is 39.0 Å². The number of rotatable bonds is 4.